The van der Waals surface area contributed by atoms with Gasteiger partial charge < -0.3 is 15.4 Å². The lowest BCUT2D eigenvalue weighted by atomic mass is 10.2. The Hall–Kier alpha value is -3.60. The molecule has 3 aromatic rings. The fourth-order valence-electron chi connectivity index (χ4n) is 2.52. The van der Waals surface area contributed by atoms with Gasteiger partial charge in [-0.05, 0) is 37.6 Å². The van der Waals surface area contributed by atoms with Crippen LogP contribution in [0.25, 0.3) is 0 Å². The van der Waals surface area contributed by atoms with E-state index in [0.717, 1.165) is 23.6 Å². The highest BCUT2D eigenvalue weighted by molar-refractivity contribution is 5.60. The molecule has 0 fully saturated rings. The van der Waals surface area contributed by atoms with Crippen LogP contribution in [0.15, 0.2) is 36.5 Å². The molecule has 0 aliphatic heterocycles. The molecule has 8 heteroatoms. The van der Waals surface area contributed by atoms with E-state index in [0.29, 0.717) is 36.2 Å². The summed E-state index contributed by atoms with van der Waals surface area (Å²) >= 11 is 0. The maximum absolute atomic E-state index is 9.30. The van der Waals surface area contributed by atoms with Crippen molar-refractivity contribution in [2.75, 3.05) is 23.8 Å². The van der Waals surface area contributed by atoms with Crippen molar-refractivity contribution in [1.29, 1.82) is 5.26 Å². The number of aryl methyl sites for hydroxylation is 2. The van der Waals surface area contributed by atoms with Gasteiger partial charge in [0.15, 0.2) is 5.82 Å². The van der Waals surface area contributed by atoms with Crippen LogP contribution >= 0.6 is 0 Å². The second kappa shape index (κ2) is 8.67. The molecule has 0 atom stereocenters. The van der Waals surface area contributed by atoms with Crippen molar-refractivity contribution in [3.05, 3.63) is 53.5 Å². The molecule has 3 heterocycles. The highest BCUT2D eigenvalue weighted by Crippen LogP contribution is 2.19. The predicted octanol–water partition coefficient (Wildman–Crippen LogP) is 3.18. The number of ether oxygens (including phenoxy) is 1. The number of rotatable bonds is 8. The Kier molecular flexibility index (Phi) is 5.84. The SMILES string of the molecule is CCc1ncccc1OCCNc1nc(Nc2cc(C)[nH]n2)ccc1C#N. The minimum absolute atomic E-state index is 0.432. The lowest BCUT2D eigenvalue weighted by molar-refractivity contribution is 0.327. The van der Waals surface area contributed by atoms with Gasteiger partial charge in [-0.25, -0.2) is 4.98 Å². The molecule has 0 saturated carbocycles. The number of aromatic amines is 1. The molecule has 3 rings (SSSR count). The van der Waals surface area contributed by atoms with Crippen LogP contribution in [0, 0.1) is 18.3 Å². The van der Waals surface area contributed by atoms with E-state index in [2.05, 4.69) is 36.9 Å². The minimum atomic E-state index is 0.432. The normalized spacial score (nSPS) is 10.3. The Morgan fingerprint density at radius 1 is 1.26 bits per heavy atom. The molecule has 0 unspecified atom stereocenters. The molecule has 0 aliphatic carbocycles. The number of H-pyrrole nitrogens is 1. The first-order chi connectivity index (χ1) is 13.2. The molecule has 0 radical (unpaired) electrons. The van der Waals surface area contributed by atoms with E-state index in [4.69, 9.17) is 4.74 Å². The molecule has 0 bridgehead atoms. The number of hydrogen-bond donors (Lipinski definition) is 3. The smallest absolute Gasteiger partial charge is 0.153 e. The average Bonchev–Trinajstić information content (AvgIpc) is 3.10. The van der Waals surface area contributed by atoms with Crippen LogP contribution in [0.5, 0.6) is 5.75 Å². The Morgan fingerprint density at radius 2 is 2.15 bits per heavy atom. The number of nitrogens with one attached hydrogen (secondary N) is 3. The molecule has 8 nitrogen and oxygen atoms in total. The summed E-state index contributed by atoms with van der Waals surface area (Å²) in [7, 11) is 0. The number of anilines is 3. The predicted molar refractivity (Wildman–Crippen MR) is 103 cm³/mol. The van der Waals surface area contributed by atoms with Gasteiger partial charge in [0.25, 0.3) is 0 Å². The van der Waals surface area contributed by atoms with Crippen molar-refractivity contribution in [3.8, 4) is 11.8 Å². The molecule has 0 saturated heterocycles. The molecule has 3 N–H and O–H groups in total. The van der Waals surface area contributed by atoms with Gasteiger partial charge in [-0.3, -0.25) is 10.1 Å². The van der Waals surface area contributed by atoms with E-state index < -0.39 is 0 Å². The second-order valence-corrected chi connectivity index (χ2v) is 5.84. The molecule has 0 amide bonds. The first-order valence-electron chi connectivity index (χ1n) is 8.70. The minimum Gasteiger partial charge on any atom is -0.490 e. The van der Waals surface area contributed by atoms with Crippen molar-refractivity contribution in [1.82, 2.24) is 20.2 Å². The highest BCUT2D eigenvalue weighted by atomic mass is 16.5. The summed E-state index contributed by atoms with van der Waals surface area (Å²) in [4.78, 5) is 8.76. The maximum atomic E-state index is 9.30. The zero-order valence-corrected chi connectivity index (χ0v) is 15.3. The van der Waals surface area contributed by atoms with Crippen LogP contribution in [0.4, 0.5) is 17.5 Å². The van der Waals surface area contributed by atoms with Crippen LogP contribution in [-0.2, 0) is 6.42 Å². The fourth-order valence-corrected chi connectivity index (χ4v) is 2.52. The quantitative estimate of drug-likeness (QED) is 0.527. The zero-order valence-electron chi connectivity index (χ0n) is 15.3. The summed E-state index contributed by atoms with van der Waals surface area (Å²) in [5.41, 5.74) is 2.34. The molecule has 138 valence electrons. The van der Waals surface area contributed by atoms with Crippen molar-refractivity contribution in [2.24, 2.45) is 0 Å². The van der Waals surface area contributed by atoms with Crippen LogP contribution in [0.2, 0.25) is 0 Å². The highest BCUT2D eigenvalue weighted by Gasteiger charge is 2.07. The van der Waals surface area contributed by atoms with Gasteiger partial charge in [-0.1, -0.05) is 6.92 Å². The van der Waals surface area contributed by atoms with Gasteiger partial charge in [0.05, 0.1) is 17.8 Å². The number of hydrogen-bond acceptors (Lipinski definition) is 7. The lowest BCUT2D eigenvalue weighted by Crippen LogP contribution is -2.14. The Labute approximate surface area is 157 Å². The number of pyridine rings is 2. The number of nitriles is 1. The van der Waals surface area contributed by atoms with Crippen molar-refractivity contribution < 1.29 is 4.74 Å². The third-order valence-electron chi connectivity index (χ3n) is 3.81. The first kappa shape index (κ1) is 18.2. The van der Waals surface area contributed by atoms with E-state index in [1.54, 1.807) is 18.3 Å². The second-order valence-electron chi connectivity index (χ2n) is 5.84. The van der Waals surface area contributed by atoms with E-state index >= 15 is 0 Å². The van der Waals surface area contributed by atoms with Crippen LogP contribution in [0.1, 0.15) is 23.9 Å². The maximum Gasteiger partial charge on any atom is 0.153 e. The van der Waals surface area contributed by atoms with Gasteiger partial charge in [-0.2, -0.15) is 10.4 Å². The average molecular weight is 363 g/mol. The first-order valence-corrected chi connectivity index (χ1v) is 8.70. The molecule has 0 spiro atoms. The van der Waals surface area contributed by atoms with Crippen molar-refractivity contribution >= 4 is 17.5 Å². The summed E-state index contributed by atoms with van der Waals surface area (Å²) in [6.45, 7) is 4.89. The van der Waals surface area contributed by atoms with E-state index in [-0.39, 0.29) is 0 Å². The van der Waals surface area contributed by atoms with Crippen LogP contribution in [-0.4, -0.2) is 33.3 Å². The lowest BCUT2D eigenvalue weighted by Gasteiger charge is -2.12. The van der Waals surface area contributed by atoms with E-state index in [1.807, 2.05) is 32.0 Å². The van der Waals surface area contributed by atoms with Gasteiger partial charge in [0.2, 0.25) is 0 Å². The molecule has 27 heavy (non-hydrogen) atoms. The summed E-state index contributed by atoms with van der Waals surface area (Å²) < 4.78 is 5.79. The largest absolute Gasteiger partial charge is 0.490 e. The topological polar surface area (TPSA) is 112 Å². The number of aromatic nitrogens is 4. The Morgan fingerprint density at radius 3 is 2.89 bits per heavy atom. The molecular weight excluding hydrogens is 342 g/mol. The van der Waals surface area contributed by atoms with Crippen LogP contribution < -0.4 is 15.4 Å². The molecule has 3 aromatic heterocycles. The Balaban J connectivity index is 1.61. The standard InChI is InChI=1S/C19H21N7O/c1-3-15-16(5-4-8-21-15)27-10-9-22-19-14(12-20)6-7-17(24-19)23-18-11-13(2)25-26-18/h4-8,11H,3,9-10H2,1-2H3,(H3,22,23,24,25,26). The third-order valence-corrected chi connectivity index (χ3v) is 3.81. The third kappa shape index (κ3) is 4.73. The summed E-state index contributed by atoms with van der Waals surface area (Å²) in [5.74, 6) is 2.55. The monoisotopic (exact) mass is 363 g/mol. The Bertz CT molecular complexity index is 945. The van der Waals surface area contributed by atoms with Gasteiger partial charge in [-0.15, -0.1) is 0 Å². The van der Waals surface area contributed by atoms with Crippen molar-refractivity contribution in [3.63, 3.8) is 0 Å². The van der Waals surface area contributed by atoms with Crippen LogP contribution in [0.3, 0.4) is 0 Å². The molecule has 0 aliphatic rings. The van der Waals surface area contributed by atoms with Crippen molar-refractivity contribution in [2.45, 2.75) is 20.3 Å². The van der Waals surface area contributed by atoms with Gasteiger partial charge in [0.1, 0.15) is 30.1 Å². The summed E-state index contributed by atoms with van der Waals surface area (Å²) in [6.07, 6.45) is 2.57. The molecule has 0 aromatic carbocycles. The van der Waals surface area contributed by atoms with E-state index in [9.17, 15) is 5.26 Å². The van der Waals surface area contributed by atoms with Gasteiger partial charge in [0, 0.05) is 18.0 Å². The number of nitrogens with zero attached hydrogens (tertiary/aromatic N) is 4. The fraction of sp³-hybridized carbons (Fsp3) is 0.263. The molecular formula is C19H21N7O. The summed E-state index contributed by atoms with van der Waals surface area (Å²) in [6, 6.07) is 11.2. The summed E-state index contributed by atoms with van der Waals surface area (Å²) in [5, 5.41) is 22.5. The van der Waals surface area contributed by atoms with Gasteiger partial charge >= 0.3 is 0 Å². The zero-order chi connectivity index (χ0) is 19.1. The van der Waals surface area contributed by atoms with E-state index in [1.165, 1.54) is 0 Å².